The van der Waals surface area contributed by atoms with E-state index in [1.165, 1.54) is 19.4 Å². The number of carbonyl (C=O) groups excluding carboxylic acids is 1. The lowest BCUT2D eigenvalue weighted by atomic mass is 10.1. The van der Waals surface area contributed by atoms with Gasteiger partial charge >= 0.3 is 0 Å². The minimum absolute atomic E-state index is 0.0381. The molecule has 0 fully saturated rings. The fourth-order valence-corrected chi connectivity index (χ4v) is 3.00. The molecule has 132 valence electrons. The average molecular weight is 407 g/mol. The first-order valence-electron chi connectivity index (χ1n) is 7.49. The Morgan fingerprint density at radius 2 is 2.08 bits per heavy atom. The number of hydrogen-bond acceptors (Lipinski definition) is 5. The van der Waals surface area contributed by atoms with Crippen LogP contribution in [0.1, 0.15) is 16.7 Å². The molecular formula is C18H19BrN2O4. The molecule has 0 aliphatic carbocycles. The third kappa shape index (κ3) is 5.22. The molecule has 6 nitrogen and oxygen atoms in total. The fourth-order valence-electron chi connectivity index (χ4n) is 2.21. The number of phenolic OH excluding ortho intramolecular Hbond substituents is 1. The number of rotatable bonds is 6. The van der Waals surface area contributed by atoms with Crippen molar-refractivity contribution in [1.82, 2.24) is 5.43 Å². The van der Waals surface area contributed by atoms with Gasteiger partial charge in [-0.25, -0.2) is 5.43 Å². The highest BCUT2D eigenvalue weighted by molar-refractivity contribution is 9.10. The van der Waals surface area contributed by atoms with Gasteiger partial charge in [0.25, 0.3) is 5.91 Å². The summed E-state index contributed by atoms with van der Waals surface area (Å²) in [5.41, 5.74) is 5.12. The number of benzene rings is 2. The topological polar surface area (TPSA) is 80.2 Å². The van der Waals surface area contributed by atoms with Crippen LogP contribution in [-0.2, 0) is 4.79 Å². The van der Waals surface area contributed by atoms with Gasteiger partial charge in [0, 0.05) is 0 Å². The molecule has 0 saturated heterocycles. The molecule has 2 N–H and O–H groups in total. The van der Waals surface area contributed by atoms with E-state index in [0.29, 0.717) is 17.1 Å². The Bertz CT molecular complexity index is 783. The van der Waals surface area contributed by atoms with E-state index in [4.69, 9.17) is 9.47 Å². The minimum atomic E-state index is -0.381. The van der Waals surface area contributed by atoms with Gasteiger partial charge in [-0.15, -0.1) is 0 Å². The summed E-state index contributed by atoms with van der Waals surface area (Å²) in [6.07, 6.45) is 1.45. The normalized spacial score (nSPS) is 10.7. The van der Waals surface area contributed by atoms with E-state index >= 15 is 0 Å². The zero-order valence-corrected chi connectivity index (χ0v) is 15.8. The molecule has 0 aliphatic heterocycles. The molecule has 0 spiro atoms. The lowest BCUT2D eigenvalue weighted by molar-refractivity contribution is -0.123. The van der Waals surface area contributed by atoms with Gasteiger partial charge in [0.05, 0.1) is 17.8 Å². The molecule has 2 aromatic rings. The highest BCUT2D eigenvalue weighted by Gasteiger charge is 2.09. The number of halogens is 1. The first-order valence-corrected chi connectivity index (χ1v) is 8.28. The van der Waals surface area contributed by atoms with Crippen molar-refractivity contribution in [2.24, 2.45) is 5.10 Å². The molecule has 1 amide bonds. The summed E-state index contributed by atoms with van der Waals surface area (Å²) in [4.78, 5) is 11.8. The summed E-state index contributed by atoms with van der Waals surface area (Å²) >= 11 is 3.43. The first kappa shape index (κ1) is 18.8. The van der Waals surface area contributed by atoms with Crippen molar-refractivity contribution < 1.29 is 19.4 Å². The number of phenols is 1. The third-order valence-electron chi connectivity index (χ3n) is 3.33. The largest absolute Gasteiger partial charge is 0.504 e. The van der Waals surface area contributed by atoms with Gasteiger partial charge in [-0.05, 0) is 70.7 Å². The van der Waals surface area contributed by atoms with Gasteiger partial charge in [0.15, 0.2) is 18.1 Å². The van der Waals surface area contributed by atoms with Crippen molar-refractivity contribution in [2.75, 3.05) is 13.7 Å². The molecule has 2 rings (SSSR count). The Morgan fingerprint density at radius 3 is 2.76 bits per heavy atom. The highest BCUT2D eigenvalue weighted by atomic mass is 79.9. The Labute approximate surface area is 154 Å². The van der Waals surface area contributed by atoms with Crippen LogP contribution in [0, 0.1) is 13.8 Å². The van der Waals surface area contributed by atoms with E-state index in [2.05, 4.69) is 26.5 Å². The molecule has 0 unspecified atom stereocenters. The van der Waals surface area contributed by atoms with Crippen molar-refractivity contribution >= 4 is 28.1 Å². The second-order valence-corrected chi connectivity index (χ2v) is 6.26. The van der Waals surface area contributed by atoms with E-state index in [9.17, 15) is 9.90 Å². The van der Waals surface area contributed by atoms with Crippen LogP contribution in [0.15, 0.2) is 39.9 Å². The number of nitrogens with zero attached hydrogens (tertiary/aromatic N) is 1. The van der Waals surface area contributed by atoms with Crippen LogP contribution in [-0.4, -0.2) is 30.9 Å². The van der Waals surface area contributed by atoms with Crippen LogP contribution >= 0.6 is 15.9 Å². The fraction of sp³-hybridized carbons (Fsp3) is 0.222. The lowest BCUT2D eigenvalue weighted by Gasteiger charge is -2.11. The van der Waals surface area contributed by atoms with Crippen molar-refractivity contribution in [3.63, 3.8) is 0 Å². The van der Waals surface area contributed by atoms with E-state index in [1.807, 2.05) is 26.0 Å². The van der Waals surface area contributed by atoms with Gasteiger partial charge in [-0.1, -0.05) is 6.07 Å². The monoisotopic (exact) mass is 406 g/mol. The molecule has 0 atom stereocenters. The average Bonchev–Trinajstić information content (AvgIpc) is 2.55. The predicted molar refractivity (Wildman–Crippen MR) is 99.5 cm³/mol. The van der Waals surface area contributed by atoms with Gasteiger partial charge in [0.1, 0.15) is 5.75 Å². The van der Waals surface area contributed by atoms with Gasteiger partial charge in [-0.3, -0.25) is 4.79 Å². The molecule has 0 bridgehead atoms. The zero-order chi connectivity index (χ0) is 18.4. The predicted octanol–water partition coefficient (Wildman–Crippen LogP) is 3.31. The molecule has 0 aliphatic rings. The number of hydrogen-bond donors (Lipinski definition) is 2. The first-order chi connectivity index (χ1) is 11.9. The van der Waals surface area contributed by atoms with Crippen molar-refractivity contribution in [1.29, 1.82) is 0 Å². The minimum Gasteiger partial charge on any atom is -0.504 e. The number of aryl methyl sites for hydroxylation is 2. The summed E-state index contributed by atoms with van der Waals surface area (Å²) in [5.74, 6) is 0.622. The molecule has 0 radical (unpaired) electrons. The van der Waals surface area contributed by atoms with Crippen LogP contribution in [0.25, 0.3) is 0 Å². The van der Waals surface area contributed by atoms with Crippen molar-refractivity contribution in [3.05, 3.63) is 51.5 Å². The van der Waals surface area contributed by atoms with E-state index in [0.717, 1.165) is 15.6 Å². The summed E-state index contributed by atoms with van der Waals surface area (Å²) in [7, 11) is 1.46. The van der Waals surface area contributed by atoms with Gasteiger partial charge < -0.3 is 14.6 Å². The Kier molecular flexibility index (Phi) is 6.41. The van der Waals surface area contributed by atoms with Gasteiger partial charge in [0.2, 0.25) is 0 Å². The van der Waals surface area contributed by atoms with Crippen molar-refractivity contribution in [3.8, 4) is 17.2 Å². The van der Waals surface area contributed by atoms with Crippen LogP contribution in [0.4, 0.5) is 0 Å². The van der Waals surface area contributed by atoms with Crippen LogP contribution in [0.2, 0.25) is 0 Å². The number of hydrazone groups is 1. The van der Waals surface area contributed by atoms with Crippen LogP contribution in [0.5, 0.6) is 17.2 Å². The summed E-state index contributed by atoms with van der Waals surface area (Å²) in [6.45, 7) is 3.75. The van der Waals surface area contributed by atoms with Crippen molar-refractivity contribution in [2.45, 2.75) is 13.8 Å². The second-order valence-electron chi connectivity index (χ2n) is 5.41. The summed E-state index contributed by atoms with van der Waals surface area (Å²) in [5, 5.41) is 13.4. The number of nitrogens with one attached hydrogen (secondary N) is 1. The molecule has 0 heterocycles. The highest BCUT2D eigenvalue weighted by Crippen LogP contribution is 2.30. The van der Waals surface area contributed by atoms with Crippen LogP contribution in [0.3, 0.4) is 0 Å². The maximum atomic E-state index is 11.8. The maximum absolute atomic E-state index is 11.8. The molecule has 0 saturated carbocycles. The number of amides is 1. The molecule has 0 aromatic heterocycles. The van der Waals surface area contributed by atoms with Crippen LogP contribution < -0.4 is 14.9 Å². The third-order valence-corrected chi connectivity index (χ3v) is 3.92. The van der Waals surface area contributed by atoms with E-state index in [-0.39, 0.29) is 18.3 Å². The Balaban J connectivity index is 1.91. The molecule has 25 heavy (non-hydrogen) atoms. The van der Waals surface area contributed by atoms with E-state index < -0.39 is 0 Å². The lowest BCUT2D eigenvalue weighted by Crippen LogP contribution is -2.24. The SMILES string of the molecule is COc1cc(C=NNC(=O)COc2c(C)cc(C)cc2Br)ccc1O. The Morgan fingerprint density at radius 1 is 1.32 bits per heavy atom. The van der Waals surface area contributed by atoms with Gasteiger partial charge in [-0.2, -0.15) is 5.10 Å². The number of carbonyl (C=O) groups is 1. The van der Waals surface area contributed by atoms with E-state index in [1.54, 1.807) is 12.1 Å². The zero-order valence-electron chi connectivity index (χ0n) is 14.2. The maximum Gasteiger partial charge on any atom is 0.277 e. The molecule has 7 heteroatoms. The molecule has 2 aromatic carbocycles. The standard InChI is InChI=1S/C18H19BrN2O4/c1-11-6-12(2)18(14(19)7-11)25-10-17(23)21-20-9-13-4-5-15(22)16(8-13)24-3/h4-9,22H,10H2,1-3H3,(H,21,23). The second kappa shape index (κ2) is 8.53. The summed E-state index contributed by atoms with van der Waals surface area (Å²) < 4.78 is 11.4. The smallest absolute Gasteiger partial charge is 0.277 e. The number of methoxy groups -OCH3 is 1. The number of aromatic hydroxyl groups is 1. The Hall–Kier alpha value is -2.54. The number of ether oxygens (including phenoxy) is 2. The quantitative estimate of drug-likeness (QED) is 0.569. The molecular weight excluding hydrogens is 388 g/mol. The summed E-state index contributed by atoms with van der Waals surface area (Å²) in [6, 6.07) is 8.65.